The maximum absolute atomic E-state index is 5.60. The number of ether oxygens (including phenoxy) is 1. The number of nitrogens with zero attached hydrogens (tertiary/aromatic N) is 2. The van der Waals surface area contributed by atoms with E-state index in [1.165, 1.54) is 28.5 Å². The van der Waals surface area contributed by atoms with Gasteiger partial charge in [-0.05, 0) is 44.2 Å². The van der Waals surface area contributed by atoms with E-state index in [0.717, 1.165) is 58.2 Å². The predicted molar refractivity (Wildman–Crippen MR) is 114 cm³/mol. The lowest BCUT2D eigenvalue weighted by atomic mass is 10.1. The van der Waals surface area contributed by atoms with Gasteiger partial charge in [0.05, 0.1) is 6.61 Å². The number of hydrogen-bond donors (Lipinski definition) is 2. The quantitative estimate of drug-likeness (QED) is 0.551. The summed E-state index contributed by atoms with van der Waals surface area (Å²) in [5.74, 6) is 1.67. The van der Waals surface area contributed by atoms with Gasteiger partial charge in [-0.3, -0.25) is 4.99 Å². The summed E-state index contributed by atoms with van der Waals surface area (Å²) in [5, 5.41) is 4.80. The molecule has 2 heterocycles. The number of nitrogens with one attached hydrogen (secondary N) is 2. The molecule has 0 amide bonds. The number of fused-ring (bicyclic) bond motifs is 1. The maximum Gasteiger partial charge on any atom is 0.193 e. The first-order valence-corrected chi connectivity index (χ1v) is 10.5. The molecule has 0 radical (unpaired) electrons. The fourth-order valence-corrected chi connectivity index (χ4v) is 3.93. The zero-order valence-electron chi connectivity index (χ0n) is 17.1. The summed E-state index contributed by atoms with van der Waals surface area (Å²) < 4.78 is 5.60. The second kappa shape index (κ2) is 9.79. The standard InChI is InChI=1S/C22H34N4O/c1-4-18-8-7-9-20-19(14-25-21(18)20)10-12-24-22(23-5-2)26-13-11-17(15-26)16-27-6-3/h7-9,14,17,25H,4-6,10-13,15-16H2,1-3H3,(H,23,24). The van der Waals surface area contributed by atoms with Crippen molar-refractivity contribution in [1.82, 2.24) is 15.2 Å². The van der Waals surface area contributed by atoms with Gasteiger partial charge in [0.1, 0.15) is 0 Å². The number of guanidine groups is 1. The molecule has 1 atom stereocenters. The number of aryl methyl sites for hydroxylation is 1. The van der Waals surface area contributed by atoms with Gasteiger partial charge in [-0.25, -0.2) is 0 Å². The van der Waals surface area contributed by atoms with E-state index in [0.29, 0.717) is 5.92 Å². The molecule has 5 nitrogen and oxygen atoms in total. The molecule has 1 saturated heterocycles. The Balaban J connectivity index is 1.63. The molecule has 0 aliphatic carbocycles. The van der Waals surface area contributed by atoms with Gasteiger partial charge in [-0.2, -0.15) is 0 Å². The Morgan fingerprint density at radius 1 is 1.30 bits per heavy atom. The smallest absolute Gasteiger partial charge is 0.193 e. The summed E-state index contributed by atoms with van der Waals surface area (Å²) >= 11 is 0. The third-order valence-electron chi connectivity index (χ3n) is 5.39. The molecule has 27 heavy (non-hydrogen) atoms. The van der Waals surface area contributed by atoms with Crippen molar-refractivity contribution in [3.05, 3.63) is 35.5 Å². The zero-order valence-corrected chi connectivity index (χ0v) is 17.1. The van der Waals surface area contributed by atoms with Crippen LogP contribution in [0.15, 0.2) is 29.4 Å². The average Bonchev–Trinajstić information content (AvgIpc) is 3.33. The number of benzene rings is 1. The minimum Gasteiger partial charge on any atom is -0.381 e. The van der Waals surface area contributed by atoms with Gasteiger partial charge in [0, 0.05) is 55.8 Å². The lowest BCUT2D eigenvalue weighted by molar-refractivity contribution is 0.114. The Morgan fingerprint density at radius 3 is 2.96 bits per heavy atom. The number of aromatic nitrogens is 1. The van der Waals surface area contributed by atoms with Crippen LogP contribution in [0.3, 0.4) is 0 Å². The van der Waals surface area contributed by atoms with Crippen LogP contribution in [0.1, 0.15) is 38.3 Å². The Bertz CT molecular complexity index is 752. The number of aromatic amines is 1. The monoisotopic (exact) mass is 370 g/mol. The number of para-hydroxylation sites is 1. The SMILES string of the molecule is CCNC(=NCCc1c[nH]c2c(CC)cccc12)N1CCC(COCC)C1. The van der Waals surface area contributed by atoms with Crippen LogP contribution < -0.4 is 5.32 Å². The normalized spacial score (nSPS) is 17.8. The Labute approximate surface area is 163 Å². The first kappa shape index (κ1) is 19.7. The van der Waals surface area contributed by atoms with Crippen molar-refractivity contribution in [2.75, 3.05) is 39.4 Å². The molecule has 3 rings (SSSR count). The molecule has 148 valence electrons. The van der Waals surface area contributed by atoms with Crippen LogP contribution in [-0.4, -0.2) is 55.2 Å². The molecule has 1 aromatic heterocycles. The second-order valence-corrected chi connectivity index (χ2v) is 7.25. The fraction of sp³-hybridized carbons (Fsp3) is 0.591. The fourth-order valence-electron chi connectivity index (χ4n) is 3.93. The first-order chi connectivity index (χ1) is 13.3. The van der Waals surface area contributed by atoms with E-state index in [4.69, 9.17) is 9.73 Å². The van der Waals surface area contributed by atoms with Crippen LogP contribution in [0.5, 0.6) is 0 Å². The van der Waals surface area contributed by atoms with E-state index >= 15 is 0 Å². The summed E-state index contributed by atoms with van der Waals surface area (Å²) in [6.45, 7) is 11.9. The number of likely N-dealkylation sites (tertiary alicyclic amines) is 1. The predicted octanol–water partition coefficient (Wildman–Crippen LogP) is 3.60. The zero-order chi connectivity index (χ0) is 19.1. The summed E-state index contributed by atoms with van der Waals surface area (Å²) in [5.41, 5.74) is 4.02. The van der Waals surface area contributed by atoms with Crippen LogP contribution >= 0.6 is 0 Å². The highest BCUT2D eigenvalue weighted by atomic mass is 16.5. The van der Waals surface area contributed by atoms with Crippen molar-refractivity contribution in [1.29, 1.82) is 0 Å². The van der Waals surface area contributed by atoms with E-state index in [2.05, 4.69) is 60.4 Å². The topological polar surface area (TPSA) is 52.7 Å². The summed E-state index contributed by atoms with van der Waals surface area (Å²) in [4.78, 5) is 10.8. The first-order valence-electron chi connectivity index (χ1n) is 10.5. The molecule has 1 aliphatic heterocycles. The van der Waals surface area contributed by atoms with Crippen molar-refractivity contribution >= 4 is 16.9 Å². The van der Waals surface area contributed by atoms with E-state index in [9.17, 15) is 0 Å². The lowest BCUT2D eigenvalue weighted by Crippen LogP contribution is -2.40. The Morgan fingerprint density at radius 2 is 2.19 bits per heavy atom. The summed E-state index contributed by atoms with van der Waals surface area (Å²) in [6.07, 6.45) is 5.35. The number of aliphatic imine (C=N–C) groups is 1. The van der Waals surface area contributed by atoms with Crippen LogP contribution in [0.2, 0.25) is 0 Å². The largest absolute Gasteiger partial charge is 0.381 e. The van der Waals surface area contributed by atoms with E-state index in [1.54, 1.807) is 0 Å². The summed E-state index contributed by atoms with van der Waals surface area (Å²) in [7, 11) is 0. The minimum atomic E-state index is 0.620. The third-order valence-corrected chi connectivity index (χ3v) is 5.39. The molecule has 0 bridgehead atoms. The molecule has 0 saturated carbocycles. The third kappa shape index (κ3) is 4.83. The van der Waals surface area contributed by atoms with Crippen LogP contribution in [0.4, 0.5) is 0 Å². The second-order valence-electron chi connectivity index (χ2n) is 7.25. The molecule has 0 spiro atoms. The van der Waals surface area contributed by atoms with Gasteiger partial charge in [-0.15, -0.1) is 0 Å². The van der Waals surface area contributed by atoms with Gasteiger partial charge in [0.2, 0.25) is 0 Å². The molecule has 1 aromatic carbocycles. The van der Waals surface area contributed by atoms with Gasteiger partial charge >= 0.3 is 0 Å². The van der Waals surface area contributed by atoms with E-state index < -0.39 is 0 Å². The molecule has 5 heteroatoms. The van der Waals surface area contributed by atoms with Crippen molar-refractivity contribution in [3.63, 3.8) is 0 Å². The Kier molecular flexibility index (Phi) is 7.16. The number of rotatable bonds is 8. The Hall–Kier alpha value is -2.01. The molecule has 1 unspecified atom stereocenters. The van der Waals surface area contributed by atoms with Crippen molar-refractivity contribution in [2.45, 2.75) is 40.0 Å². The highest BCUT2D eigenvalue weighted by Crippen LogP contribution is 2.23. The van der Waals surface area contributed by atoms with Crippen LogP contribution in [0.25, 0.3) is 10.9 Å². The van der Waals surface area contributed by atoms with Crippen molar-refractivity contribution in [2.24, 2.45) is 10.9 Å². The van der Waals surface area contributed by atoms with Crippen LogP contribution in [0, 0.1) is 5.92 Å². The van der Waals surface area contributed by atoms with Gasteiger partial charge in [-0.1, -0.05) is 25.1 Å². The van der Waals surface area contributed by atoms with E-state index in [-0.39, 0.29) is 0 Å². The maximum atomic E-state index is 5.60. The highest BCUT2D eigenvalue weighted by Gasteiger charge is 2.24. The molecular formula is C22H34N4O. The highest BCUT2D eigenvalue weighted by molar-refractivity contribution is 5.86. The van der Waals surface area contributed by atoms with Gasteiger partial charge in [0.25, 0.3) is 0 Å². The van der Waals surface area contributed by atoms with Gasteiger partial charge in [0.15, 0.2) is 5.96 Å². The molecule has 1 aliphatic rings. The average molecular weight is 371 g/mol. The van der Waals surface area contributed by atoms with Gasteiger partial charge < -0.3 is 19.9 Å². The van der Waals surface area contributed by atoms with Crippen molar-refractivity contribution in [3.8, 4) is 0 Å². The van der Waals surface area contributed by atoms with E-state index in [1.807, 2.05) is 0 Å². The number of H-pyrrole nitrogens is 1. The molecule has 2 N–H and O–H groups in total. The molecule has 2 aromatic rings. The number of hydrogen-bond acceptors (Lipinski definition) is 2. The molecule has 1 fully saturated rings. The van der Waals surface area contributed by atoms with Crippen molar-refractivity contribution < 1.29 is 4.74 Å². The minimum absolute atomic E-state index is 0.620. The van der Waals surface area contributed by atoms with Crippen LogP contribution in [-0.2, 0) is 17.6 Å². The lowest BCUT2D eigenvalue weighted by Gasteiger charge is -2.21. The molecular weight excluding hydrogens is 336 g/mol. The summed E-state index contributed by atoms with van der Waals surface area (Å²) in [6, 6.07) is 6.58.